The number of fused-ring (bicyclic) bond motifs is 1. The number of carbonyl (C=O) groups excluding carboxylic acids is 1. The van der Waals surface area contributed by atoms with Gasteiger partial charge in [0.15, 0.2) is 5.82 Å². The van der Waals surface area contributed by atoms with Crippen LogP contribution in [0, 0.1) is 11.7 Å². The van der Waals surface area contributed by atoms with Gasteiger partial charge in [0.1, 0.15) is 11.6 Å². The van der Waals surface area contributed by atoms with Crippen LogP contribution in [0.3, 0.4) is 0 Å². The molecule has 0 radical (unpaired) electrons. The molecule has 0 bridgehead atoms. The molecule has 3 N–H and O–H groups in total. The van der Waals surface area contributed by atoms with Crippen molar-refractivity contribution in [1.82, 2.24) is 15.5 Å². The van der Waals surface area contributed by atoms with Crippen LogP contribution in [0.1, 0.15) is 19.3 Å². The molecule has 0 spiro atoms. The van der Waals surface area contributed by atoms with Crippen LogP contribution < -0.4 is 15.4 Å². The molecule has 0 saturated carbocycles. The zero-order chi connectivity index (χ0) is 19.5. The number of nitrogens with one attached hydrogen (secondary N) is 3. The Morgan fingerprint density at radius 3 is 3.00 bits per heavy atom. The van der Waals surface area contributed by atoms with Crippen molar-refractivity contribution in [2.24, 2.45) is 5.92 Å². The van der Waals surface area contributed by atoms with Gasteiger partial charge in [-0.3, -0.25) is 9.89 Å². The summed E-state index contributed by atoms with van der Waals surface area (Å²) in [5.74, 6) is 1.01. The topological polar surface area (TPSA) is 79.0 Å². The normalized spacial score (nSPS) is 16.9. The molecular formula is C21H23FN4O2. The monoisotopic (exact) mass is 382 g/mol. The second-order valence-electron chi connectivity index (χ2n) is 7.14. The first-order valence-electron chi connectivity index (χ1n) is 9.46. The van der Waals surface area contributed by atoms with Gasteiger partial charge in [0.2, 0.25) is 5.91 Å². The lowest BCUT2D eigenvalue weighted by Gasteiger charge is -2.21. The third kappa shape index (κ3) is 3.84. The Kier molecular flexibility index (Phi) is 5.25. The number of rotatable bonds is 5. The van der Waals surface area contributed by atoms with E-state index in [9.17, 15) is 9.18 Å². The van der Waals surface area contributed by atoms with E-state index >= 15 is 0 Å². The molecule has 1 amide bonds. The first-order chi connectivity index (χ1) is 13.6. The number of carbonyl (C=O) groups is 1. The Labute approximate surface area is 162 Å². The number of hydrogen-bond donors (Lipinski definition) is 3. The van der Waals surface area contributed by atoms with E-state index in [0.717, 1.165) is 36.8 Å². The number of piperidine rings is 1. The van der Waals surface area contributed by atoms with Crippen LogP contribution in [-0.4, -0.2) is 36.3 Å². The molecular weight excluding hydrogens is 359 g/mol. The second-order valence-corrected chi connectivity index (χ2v) is 7.14. The predicted octanol–water partition coefficient (Wildman–Crippen LogP) is 3.71. The van der Waals surface area contributed by atoms with Crippen molar-refractivity contribution < 1.29 is 13.9 Å². The van der Waals surface area contributed by atoms with E-state index in [2.05, 4.69) is 20.8 Å². The van der Waals surface area contributed by atoms with Gasteiger partial charge in [-0.1, -0.05) is 6.07 Å². The van der Waals surface area contributed by atoms with Gasteiger partial charge < -0.3 is 15.4 Å². The van der Waals surface area contributed by atoms with E-state index in [-0.39, 0.29) is 11.7 Å². The molecule has 2 heterocycles. The molecule has 28 heavy (non-hydrogen) atoms. The molecule has 1 aliphatic rings. The molecule has 6 nitrogen and oxygen atoms in total. The van der Waals surface area contributed by atoms with Crippen LogP contribution in [0.25, 0.3) is 22.0 Å². The highest BCUT2D eigenvalue weighted by atomic mass is 19.1. The lowest BCUT2D eigenvalue weighted by Crippen LogP contribution is -2.32. The summed E-state index contributed by atoms with van der Waals surface area (Å²) in [5.41, 5.74) is 1.91. The van der Waals surface area contributed by atoms with Crippen LogP contribution >= 0.6 is 0 Å². The van der Waals surface area contributed by atoms with Gasteiger partial charge in [0.25, 0.3) is 0 Å². The SMILES string of the molecule is COc1ccc(F)c(-c2ccc3[nH]nc(NC(=O)C[C@@H]4CCCNC4)c3c2)c1. The van der Waals surface area contributed by atoms with E-state index in [4.69, 9.17) is 4.74 Å². The van der Waals surface area contributed by atoms with Crippen molar-refractivity contribution in [3.8, 4) is 16.9 Å². The van der Waals surface area contributed by atoms with Gasteiger partial charge in [-0.05, 0) is 67.7 Å². The van der Waals surface area contributed by atoms with Crippen molar-refractivity contribution in [1.29, 1.82) is 0 Å². The fourth-order valence-corrected chi connectivity index (χ4v) is 3.67. The first-order valence-corrected chi connectivity index (χ1v) is 9.46. The highest BCUT2D eigenvalue weighted by molar-refractivity contribution is 6.01. The summed E-state index contributed by atoms with van der Waals surface area (Å²) in [7, 11) is 1.55. The molecule has 7 heteroatoms. The summed E-state index contributed by atoms with van der Waals surface area (Å²) in [6.07, 6.45) is 2.62. The van der Waals surface area contributed by atoms with Gasteiger partial charge in [-0.2, -0.15) is 5.10 Å². The van der Waals surface area contributed by atoms with Crippen LogP contribution in [0.15, 0.2) is 36.4 Å². The van der Waals surface area contributed by atoms with Crippen LogP contribution in [0.4, 0.5) is 10.2 Å². The van der Waals surface area contributed by atoms with Gasteiger partial charge in [0.05, 0.1) is 12.6 Å². The molecule has 0 unspecified atom stereocenters. The number of amides is 1. The summed E-state index contributed by atoms with van der Waals surface area (Å²) >= 11 is 0. The maximum atomic E-state index is 14.3. The Morgan fingerprint density at radius 1 is 1.32 bits per heavy atom. The summed E-state index contributed by atoms with van der Waals surface area (Å²) in [4.78, 5) is 12.4. The Balaban J connectivity index is 1.59. The Morgan fingerprint density at radius 2 is 2.21 bits per heavy atom. The van der Waals surface area contributed by atoms with Crippen LogP contribution in [0.5, 0.6) is 5.75 Å². The van der Waals surface area contributed by atoms with Crippen molar-refractivity contribution in [3.63, 3.8) is 0 Å². The number of methoxy groups -OCH3 is 1. The minimum atomic E-state index is -0.334. The minimum Gasteiger partial charge on any atom is -0.497 e. The quantitative estimate of drug-likeness (QED) is 0.629. The molecule has 146 valence electrons. The van der Waals surface area contributed by atoms with Crippen LogP contribution in [0.2, 0.25) is 0 Å². The van der Waals surface area contributed by atoms with Crippen LogP contribution in [-0.2, 0) is 4.79 Å². The highest BCUT2D eigenvalue weighted by Gasteiger charge is 2.18. The van der Waals surface area contributed by atoms with Crippen molar-refractivity contribution >= 4 is 22.6 Å². The van der Waals surface area contributed by atoms with E-state index in [1.165, 1.54) is 6.07 Å². The Hall–Kier alpha value is -2.93. The maximum absolute atomic E-state index is 14.3. The maximum Gasteiger partial charge on any atom is 0.225 e. The molecule has 1 fully saturated rings. The number of anilines is 1. The lowest BCUT2D eigenvalue weighted by atomic mass is 9.96. The number of nitrogens with zero attached hydrogens (tertiary/aromatic N) is 1. The molecule has 3 aromatic rings. The number of halogens is 1. The summed E-state index contributed by atoms with van der Waals surface area (Å²) < 4.78 is 19.5. The van der Waals surface area contributed by atoms with E-state index < -0.39 is 0 Å². The summed E-state index contributed by atoms with van der Waals surface area (Å²) in [6.45, 7) is 1.89. The number of benzene rings is 2. The van der Waals surface area contributed by atoms with E-state index in [1.54, 1.807) is 19.2 Å². The molecule has 0 aliphatic carbocycles. The average molecular weight is 382 g/mol. The lowest BCUT2D eigenvalue weighted by molar-refractivity contribution is -0.117. The predicted molar refractivity (Wildman–Crippen MR) is 107 cm³/mol. The zero-order valence-electron chi connectivity index (χ0n) is 15.7. The fraction of sp³-hybridized carbons (Fsp3) is 0.333. The second kappa shape index (κ2) is 7.98. The molecule has 2 aromatic carbocycles. The number of aromatic nitrogens is 2. The number of aromatic amines is 1. The molecule has 4 rings (SSSR count). The zero-order valence-corrected chi connectivity index (χ0v) is 15.7. The number of H-pyrrole nitrogens is 1. The first kappa shape index (κ1) is 18.4. The van der Waals surface area contributed by atoms with Gasteiger partial charge in [-0.15, -0.1) is 0 Å². The smallest absolute Gasteiger partial charge is 0.225 e. The number of hydrogen-bond acceptors (Lipinski definition) is 4. The van der Waals surface area contributed by atoms with Gasteiger partial charge in [-0.25, -0.2) is 4.39 Å². The molecule has 1 saturated heterocycles. The fourth-order valence-electron chi connectivity index (χ4n) is 3.67. The van der Waals surface area contributed by atoms with Crippen molar-refractivity contribution in [2.75, 3.05) is 25.5 Å². The largest absolute Gasteiger partial charge is 0.497 e. The number of ether oxygens (including phenoxy) is 1. The third-order valence-electron chi connectivity index (χ3n) is 5.18. The van der Waals surface area contributed by atoms with Gasteiger partial charge >= 0.3 is 0 Å². The molecule has 1 aromatic heterocycles. The average Bonchev–Trinajstić information content (AvgIpc) is 3.11. The molecule has 1 aliphatic heterocycles. The molecule has 1 atom stereocenters. The van der Waals surface area contributed by atoms with E-state index in [1.807, 2.05) is 18.2 Å². The minimum absolute atomic E-state index is 0.0555. The van der Waals surface area contributed by atoms with Gasteiger partial charge in [0, 0.05) is 17.4 Å². The van der Waals surface area contributed by atoms with Crippen molar-refractivity contribution in [3.05, 3.63) is 42.2 Å². The summed E-state index contributed by atoms with van der Waals surface area (Å²) in [6, 6.07) is 10.1. The van der Waals surface area contributed by atoms with Crippen molar-refractivity contribution in [2.45, 2.75) is 19.3 Å². The standard InChI is InChI=1S/C21H23FN4O2/c1-28-15-5-6-18(22)16(11-15)14-4-7-19-17(10-14)21(26-25-19)24-20(27)9-13-3-2-8-23-12-13/h4-7,10-11,13,23H,2-3,8-9,12H2,1H3,(H2,24,25,26,27)/t13-/m0/s1. The highest BCUT2D eigenvalue weighted by Crippen LogP contribution is 2.31. The summed E-state index contributed by atoms with van der Waals surface area (Å²) in [5, 5.41) is 14.1. The third-order valence-corrected chi connectivity index (χ3v) is 5.18. The van der Waals surface area contributed by atoms with E-state index in [0.29, 0.717) is 35.0 Å². The Bertz CT molecular complexity index is 995.